The van der Waals surface area contributed by atoms with Crippen LogP contribution < -0.4 is 14.2 Å². The fourth-order valence-electron chi connectivity index (χ4n) is 1.79. The van der Waals surface area contributed by atoms with Gasteiger partial charge in [-0.05, 0) is 6.07 Å². The number of ether oxygens (including phenoxy) is 3. The number of benzene rings is 1. The average molecular weight is 206 g/mol. The van der Waals surface area contributed by atoms with Gasteiger partial charge in [0.05, 0.1) is 18.1 Å². The smallest absolute Gasteiger partial charge is 0.231 e. The van der Waals surface area contributed by atoms with Crippen molar-refractivity contribution in [2.45, 2.75) is 6.92 Å². The standard InChI is InChI=1S/C11H10O4/c1-6-4-13-8-3-10-9(14-5-15-10)2-7(8)11(6)12/h2-3,6H,4-5H2,1H3. The molecule has 0 N–H and O–H groups in total. The quantitative estimate of drug-likeness (QED) is 0.647. The normalized spacial score (nSPS) is 22.2. The zero-order valence-corrected chi connectivity index (χ0v) is 8.28. The summed E-state index contributed by atoms with van der Waals surface area (Å²) in [4.78, 5) is 11.8. The molecule has 1 unspecified atom stereocenters. The Bertz CT molecular complexity index is 438. The molecule has 0 radical (unpaired) electrons. The highest BCUT2D eigenvalue weighted by atomic mass is 16.7. The van der Waals surface area contributed by atoms with Crippen LogP contribution in [0.3, 0.4) is 0 Å². The van der Waals surface area contributed by atoms with Crippen LogP contribution in [0.2, 0.25) is 0 Å². The molecule has 0 saturated heterocycles. The number of rotatable bonds is 0. The summed E-state index contributed by atoms with van der Waals surface area (Å²) >= 11 is 0. The monoisotopic (exact) mass is 206 g/mol. The van der Waals surface area contributed by atoms with Gasteiger partial charge in [-0.15, -0.1) is 0 Å². The Labute approximate surface area is 86.7 Å². The first-order valence-electron chi connectivity index (χ1n) is 4.86. The fraction of sp³-hybridized carbons (Fsp3) is 0.364. The molecule has 1 atom stereocenters. The van der Waals surface area contributed by atoms with Crippen molar-refractivity contribution in [3.05, 3.63) is 17.7 Å². The Morgan fingerprint density at radius 1 is 1.13 bits per heavy atom. The van der Waals surface area contributed by atoms with Crippen LogP contribution in [-0.4, -0.2) is 19.2 Å². The van der Waals surface area contributed by atoms with Gasteiger partial charge in [0.25, 0.3) is 0 Å². The van der Waals surface area contributed by atoms with E-state index < -0.39 is 0 Å². The lowest BCUT2D eigenvalue weighted by Gasteiger charge is -2.21. The van der Waals surface area contributed by atoms with Gasteiger partial charge >= 0.3 is 0 Å². The Kier molecular flexibility index (Phi) is 1.65. The minimum atomic E-state index is -0.0853. The summed E-state index contributed by atoms with van der Waals surface area (Å²) in [5, 5.41) is 0. The van der Waals surface area contributed by atoms with Gasteiger partial charge in [0, 0.05) is 6.07 Å². The molecule has 0 bridgehead atoms. The molecule has 2 aliphatic heterocycles. The summed E-state index contributed by atoms with van der Waals surface area (Å²) in [5.74, 6) is 1.89. The Morgan fingerprint density at radius 3 is 2.67 bits per heavy atom. The highest BCUT2D eigenvalue weighted by Gasteiger charge is 2.28. The molecular weight excluding hydrogens is 196 g/mol. The van der Waals surface area contributed by atoms with Crippen LogP contribution in [0.5, 0.6) is 17.2 Å². The zero-order chi connectivity index (χ0) is 10.4. The van der Waals surface area contributed by atoms with Crippen molar-refractivity contribution in [1.82, 2.24) is 0 Å². The van der Waals surface area contributed by atoms with Gasteiger partial charge in [-0.1, -0.05) is 6.92 Å². The lowest BCUT2D eigenvalue weighted by atomic mass is 9.96. The van der Waals surface area contributed by atoms with Crippen molar-refractivity contribution >= 4 is 5.78 Å². The van der Waals surface area contributed by atoms with Crippen LogP contribution in [0.25, 0.3) is 0 Å². The number of Topliss-reactive ketones (excluding diaryl/α,β-unsaturated/α-hetero) is 1. The molecule has 0 amide bonds. The van der Waals surface area contributed by atoms with Crippen molar-refractivity contribution in [3.63, 3.8) is 0 Å². The molecule has 0 aromatic heterocycles. The van der Waals surface area contributed by atoms with E-state index in [1.807, 2.05) is 6.92 Å². The third-order valence-electron chi connectivity index (χ3n) is 2.68. The van der Waals surface area contributed by atoms with Gasteiger partial charge in [-0.25, -0.2) is 0 Å². The highest BCUT2D eigenvalue weighted by molar-refractivity contribution is 6.01. The van der Waals surface area contributed by atoms with Crippen molar-refractivity contribution in [1.29, 1.82) is 0 Å². The molecule has 2 aliphatic rings. The summed E-state index contributed by atoms with van der Waals surface area (Å²) in [6.45, 7) is 2.50. The maximum atomic E-state index is 11.8. The molecular formula is C11H10O4. The van der Waals surface area contributed by atoms with Crippen molar-refractivity contribution in [3.8, 4) is 17.2 Å². The summed E-state index contributed by atoms with van der Waals surface area (Å²) in [6.07, 6.45) is 0. The predicted octanol–water partition coefficient (Wildman–Crippen LogP) is 1.63. The summed E-state index contributed by atoms with van der Waals surface area (Å²) < 4.78 is 15.9. The largest absolute Gasteiger partial charge is 0.492 e. The third kappa shape index (κ3) is 1.17. The first-order valence-corrected chi connectivity index (χ1v) is 4.86. The van der Waals surface area contributed by atoms with E-state index in [2.05, 4.69) is 0 Å². The maximum absolute atomic E-state index is 11.8. The van der Waals surface area contributed by atoms with Crippen LogP contribution in [0.4, 0.5) is 0 Å². The lowest BCUT2D eigenvalue weighted by Crippen LogP contribution is -2.25. The fourth-order valence-corrected chi connectivity index (χ4v) is 1.79. The number of hydrogen-bond donors (Lipinski definition) is 0. The molecule has 0 aliphatic carbocycles. The van der Waals surface area contributed by atoms with E-state index in [9.17, 15) is 4.79 Å². The second-order valence-corrected chi connectivity index (χ2v) is 3.78. The van der Waals surface area contributed by atoms with E-state index in [1.165, 1.54) is 0 Å². The van der Waals surface area contributed by atoms with Gasteiger partial charge in [0.2, 0.25) is 6.79 Å². The molecule has 0 fully saturated rings. The summed E-state index contributed by atoms with van der Waals surface area (Å²) in [6, 6.07) is 3.43. The van der Waals surface area contributed by atoms with Gasteiger partial charge in [0.15, 0.2) is 17.3 Å². The first kappa shape index (κ1) is 8.59. The first-order chi connectivity index (χ1) is 7.25. The minimum Gasteiger partial charge on any atom is -0.492 e. The van der Waals surface area contributed by atoms with Crippen LogP contribution in [0.1, 0.15) is 17.3 Å². The second kappa shape index (κ2) is 2.89. The minimum absolute atomic E-state index is 0.0853. The van der Waals surface area contributed by atoms with Crippen LogP contribution >= 0.6 is 0 Å². The van der Waals surface area contributed by atoms with E-state index in [-0.39, 0.29) is 18.5 Å². The second-order valence-electron chi connectivity index (χ2n) is 3.78. The molecule has 4 nitrogen and oxygen atoms in total. The van der Waals surface area contributed by atoms with E-state index in [1.54, 1.807) is 12.1 Å². The van der Waals surface area contributed by atoms with E-state index in [0.29, 0.717) is 29.4 Å². The molecule has 15 heavy (non-hydrogen) atoms. The Balaban J connectivity index is 2.14. The average Bonchev–Trinajstić information content (AvgIpc) is 2.68. The molecule has 78 valence electrons. The maximum Gasteiger partial charge on any atom is 0.231 e. The molecule has 0 saturated carbocycles. The molecule has 1 aromatic carbocycles. The third-order valence-corrected chi connectivity index (χ3v) is 2.68. The number of ketones is 1. The van der Waals surface area contributed by atoms with Crippen LogP contribution in [-0.2, 0) is 0 Å². The van der Waals surface area contributed by atoms with Crippen molar-refractivity contribution < 1.29 is 19.0 Å². The summed E-state index contributed by atoms with van der Waals surface area (Å²) in [7, 11) is 0. The van der Waals surface area contributed by atoms with Gasteiger partial charge < -0.3 is 14.2 Å². The SMILES string of the molecule is CC1COc2cc3c(cc2C1=O)OCO3. The zero-order valence-electron chi connectivity index (χ0n) is 8.28. The van der Waals surface area contributed by atoms with Crippen LogP contribution in [0, 0.1) is 5.92 Å². The molecule has 1 aromatic rings. The topological polar surface area (TPSA) is 44.8 Å². The highest BCUT2D eigenvalue weighted by Crippen LogP contribution is 2.40. The Hall–Kier alpha value is -1.71. The number of carbonyl (C=O) groups excluding carboxylic acids is 1. The van der Waals surface area contributed by atoms with Gasteiger partial charge in [0.1, 0.15) is 5.75 Å². The number of hydrogen-bond acceptors (Lipinski definition) is 4. The molecule has 2 heterocycles. The van der Waals surface area contributed by atoms with Crippen LogP contribution in [0.15, 0.2) is 12.1 Å². The number of fused-ring (bicyclic) bond motifs is 2. The van der Waals surface area contributed by atoms with Crippen molar-refractivity contribution in [2.24, 2.45) is 5.92 Å². The molecule has 3 rings (SSSR count). The summed E-state index contributed by atoms with van der Waals surface area (Å²) in [5.41, 5.74) is 0.595. The Morgan fingerprint density at radius 2 is 1.87 bits per heavy atom. The number of carbonyl (C=O) groups is 1. The molecule has 4 heteroatoms. The van der Waals surface area contributed by atoms with Crippen molar-refractivity contribution in [2.75, 3.05) is 13.4 Å². The van der Waals surface area contributed by atoms with E-state index in [4.69, 9.17) is 14.2 Å². The van der Waals surface area contributed by atoms with Gasteiger partial charge in [-0.2, -0.15) is 0 Å². The van der Waals surface area contributed by atoms with E-state index in [0.717, 1.165) is 0 Å². The van der Waals surface area contributed by atoms with E-state index >= 15 is 0 Å². The van der Waals surface area contributed by atoms with Gasteiger partial charge in [-0.3, -0.25) is 4.79 Å². The predicted molar refractivity (Wildman–Crippen MR) is 51.6 cm³/mol. The lowest BCUT2D eigenvalue weighted by molar-refractivity contribution is 0.0848. The molecule has 0 spiro atoms.